The summed E-state index contributed by atoms with van der Waals surface area (Å²) < 4.78 is 5.12. The highest BCUT2D eigenvalue weighted by atomic mass is 16.5. The van der Waals surface area contributed by atoms with E-state index < -0.39 is 12.0 Å². The predicted molar refractivity (Wildman–Crippen MR) is 61.1 cm³/mol. The van der Waals surface area contributed by atoms with Crippen LogP contribution in [0.4, 0.5) is 0 Å². The van der Waals surface area contributed by atoms with Gasteiger partial charge in [-0.1, -0.05) is 5.16 Å². The van der Waals surface area contributed by atoms with E-state index in [4.69, 9.17) is 9.63 Å². The van der Waals surface area contributed by atoms with E-state index >= 15 is 0 Å². The summed E-state index contributed by atoms with van der Waals surface area (Å²) in [5.74, 6) is 0.252. The molecule has 1 atom stereocenters. The minimum absolute atomic E-state index is 0.0320. The molecule has 1 amide bonds. The van der Waals surface area contributed by atoms with Crippen LogP contribution in [-0.4, -0.2) is 51.2 Å². The molecular formula is C11H14N4O4. The first-order valence-electron chi connectivity index (χ1n) is 6.19. The average molecular weight is 266 g/mol. The number of carboxylic acid groups (broad SMARTS) is 1. The normalized spacial score (nSPS) is 24.2. The molecule has 0 aromatic carbocycles. The molecule has 1 aromatic heterocycles. The van der Waals surface area contributed by atoms with Crippen LogP contribution in [-0.2, 0) is 16.1 Å². The van der Waals surface area contributed by atoms with E-state index in [9.17, 15) is 9.59 Å². The van der Waals surface area contributed by atoms with Crippen molar-refractivity contribution < 1.29 is 19.2 Å². The smallest absolute Gasteiger partial charge is 0.322 e. The lowest BCUT2D eigenvalue weighted by molar-refractivity contribution is -0.146. The molecule has 0 radical (unpaired) electrons. The Morgan fingerprint density at radius 3 is 3.00 bits per heavy atom. The summed E-state index contributed by atoms with van der Waals surface area (Å²) in [7, 11) is 0. The van der Waals surface area contributed by atoms with Crippen molar-refractivity contribution in [1.29, 1.82) is 0 Å². The highest BCUT2D eigenvalue weighted by molar-refractivity contribution is 5.83. The number of carbonyl (C=O) groups excluding carboxylic acids is 1. The fraction of sp³-hybridized carbons (Fsp3) is 0.636. The third kappa shape index (κ3) is 2.58. The van der Waals surface area contributed by atoms with Crippen molar-refractivity contribution in [2.45, 2.75) is 31.3 Å². The molecule has 1 aliphatic heterocycles. The van der Waals surface area contributed by atoms with Crippen LogP contribution in [0.2, 0.25) is 0 Å². The summed E-state index contributed by atoms with van der Waals surface area (Å²) in [6.45, 7) is 0.340. The summed E-state index contributed by atoms with van der Waals surface area (Å²) in [6, 6.07) is -0.749. The van der Waals surface area contributed by atoms with E-state index in [-0.39, 0.29) is 25.5 Å². The van der Waals surface area contributed by atoms with Crippen molar-refractivity contribution >= 4 is 11.9 Å². The Morgan fingerprint density at radius 2 is 2.32 bits per heavy atom. The van der Waals surface area contributed by atoms with E-state index in [0.29, 0.717) is 17.6 Å². The number of aromatic nitrogens is 2. The molecule has 102 valence electrons. The highest BCUT2D eigenvalue weighted by Crippen LogP contribution is 2.38. The average Bonchev–Trinajstić information content (AvgIpc) is 3.10. The number of rotatable bonds is 4. The molecule has 1 unspecified atom stereocenters. The maximum absolute atomic E-state index is 11.3. The summed E-state index contributed by atoms with van der Waals surface area (Å²) in [5, 5.41) is 15.5. The van der Waals surface area contributed by atoms with Gasteiger partial charge in [0.25, 0.3) is 0 Å². The van der Waals surface area contributed by atoms with Crippen LogP contribution < -0.4 is 5.32 Å². The number of hydrogen-bond acceptors (Lipinski definition) is 6. The van der Waals surface area contributed by atoms with Crippen LogP contribution in [0.25, 0.3) is 0 Å². The number of hydrogen-bond donors (Lipinski definition) is 2. The van der Waals surface area contributed by atoms with Crippen molar-refractivity contribution in [3.05, 3.63) is 11.7 Å². The Morgan fingerprint density at radius 1 is 1.53 bits per heavy atom. The van der Waals surface area contributed by atoms with E-state index in [2.05, 4.69) is 15.5 Å². The first kappa shape index (κ1) is 12.1. The molecule has 3 rings (SSSR count). The van der Waals surface area contributed by atoms with Crippen molar-refractivity contribution in [2.24, 2.45) is 0 Å². The van der Waals surface area contributed by atoms with Gasteiger partial charge in [-0.05, 0) is 12.8 Å². The zero-order valence-corrected chi connectivity index (χ0v) is 10.2. The Kier molecular flexibility index (Phi) is 2.94. The second-order valence-electron chi connectivity index (χ2n) is 4.89. The van der Waals surface area contributed by atoms with Crippen LogP contribution in [0.1, 0.15) is 30.5 Å². The molecule has 1 aromatic rings. The molecule has 2 heterocycles. The van der Waals surface area contributed by atoms with E-state index in [1.807, 2.05) is 0 Å². The lowest BCUT2D eigenvalue weighted by atomic mass is 10.2. The summed E-state index contributed by atoms with van der Waals surface area (Å²) in [5.41, 5.74) is 0. The Bertz CT molecular complexity index is 511. The maximum Gasteiger partial charge on any atom is 0.322 e. The predicted octanol–water partition coefficient (Wildman–Crippen LogP) is -0.668. The molecule has 19 heavy (non-hydrogen) atoms. The SMILES string of the molecule is O=C1CN(Cc2noc(C3CC3)n2)C(C(=O)O)CN1. The molecule has 1 aliphatic carbocycles. The first-order chi connectivity index (χ1) is 9.13. The molecule has 8 heteroatoms. The van der Waals surface area contributed by atoms with Gasteiger partial charge in [0.1, 0.15) is 6.04 Å². The van der Waals surface area contributed by atoms with Gasteiger partial charge in [0.05, 0.1) is 13.1 Å². The highest BCUT2D eigenvalue weighted by Gasteiger charge is 2.34. The standard InChI is InChI=1S/C11H14N4O4/c16-9-5-15(7(3-12-9)11(17)18)4-8-13-10(19-14-8)6-1-2-6/h6-7H,1-5H2,(H,12,16)(H,17,18). The van der Waals surface area contributed by atoms with Crippen molar-refractivity contribution in [1.82, 2.24) is 20.4 Å². The number of nitrogens with one attached hydrogen (secondary N) is 1. The van der Waals surface area contributed by atoms with Crippen LogP contribution in [0.5, 0.6) is 0 Å². The minimum atomic E-state index is -0.967. The fourth-order valence-electron chi connectivity index (χ4n) is 2.11. The number of nitrogens with zero attached hydrogens (tertiary/aromatic N) is 3. The molecule has 1 saturated heterocycles. The first-order valence-corrected chi connectivity index (χ1v) is 6.19. The molecule has 0 bridgehead atoms. The fourth-order valence-corrected chi connectivity index (χ4v) is 2.11. The van der Waals surface area contributed by atoms with E-state index in [0.717, 1.165) is 12.8 Å². The van der Waals surface area contributed by atoms with Crippen LogP contribution in [0.3, 0.4) is 0 Å². The lowest BCUT2D eigenvalue weighted by Gasteiger charge is -2.31. The summed E-state index contributed by atoms with van der Waals surface area (Å²) in [6.07, 6.45) is 2.12. The Labute approximate surface area is 108 Å². The van der Waals surface area contributed by atoms with Crippen molar-refractivity contribution in [2.75, 3.05) is 13.1 Å². The topological polar surface area (TPSA) is 109 Å². The molecule has 2 fully saturated rings. The van der Waals surface area contributed by atoms with Gasteiger partial charge in [0.2, 0.25) is 11.8 Å². The summed E-state index contributed by atoms with van der Waals surface area (Å²) in [4.78, 5) is 28.3. The third-order valence-corrected chi connectivity index (χ3v) is 3.32. The number of amides is 1. The van der Waals surface area contributed by atoms with Gasteiger partial charge < -0.3 is 14.9 Å². The van der Waals surface area contributed by atoms with Crippen LogP contribution in [0.15, 0.2) is 4.52 Å². The third-order valence-electron chi connectivity index (χ3n) is 3.32. The van der Waals surface area contributed by atoms with Gasteiger partial charge in [-0.25, -0.2) is 0 Å². The monoisotopic (exact) mass is 266 g/mol. The van der Waals surface area contributed by atoms with Gasteiger partial charge >= 0.3 is 5.97 Å². The zero-order valence-electron chi connectivity index (χ0n) is 10.2. The van der Waals surface area contributed by atoms with Crippen LogP contribution >= 0.6 is 0 Å². The molecule has 2 N–H and O–H groups in total. The van der Waals surface area contributed by atoms with Crippen molar-refractivity contribution in [3.63, 3.8) is 0 Å². The molecule has 0 spiro atoms. The van der Waals surface area contributed by atoms with Gasteiger partial charge in [-0.2, -0.15) is 4.98 Å². The lowest BCUT2D eigenvalue weighted by Crippen LogP contribution is -2.57. The minimum Gasteiger partial charge on any atom is -0.480 e. The number of piperazine rings is 1. The van der Waals surface area contributed by atoms with Crippen LogP contribution in [0, 0.1) is 0 Å². The molecule has 2 aliphatic rings. The second-order valence-corrected chi connectivity index (χ2v) is 4.89. The quantitative estimate of drug-likeness (QED) is 0.744. The molecular weight excluding hydrogens is 252 g/mol. The summed E-state index contributed by atoms with van der Waals surface area (Å²) >= 11 is 0. The molecule has 1 saturated carbocycles. The Balaban J connectivity index is 1.70. The van der Waals surface area contributed by atoms with E-state index in [1.54, 1.807) is 4.90 Å². The maximum atomic E-state index is 11.3. The number of carbonyl (C=O) groups is 2. The second kappa shape index (κ2) is 4.61. The zero-order chi connectivity index (χ0) is 13.4. The number of aliphatic carboxylic acids is 1. The van der Waals surface area contributed by atoms with Gasteiger partial charge in [-0.3, -0.25) is 14.5 Å². The van der Waals surface area contributed by atoms with Crippen molar-refractivity contribution in [3.8, 4) is 0 Å². The largest absolute Gasteiger partial charge is 0.480 e. The van der Waals surface area contributed by atoms with Gasteiger partial charge in [-0.15, -0.1) is 0 Å². The van der Waals surface area contributed by atoms with E-state index in [1.165, 1.54) is 0 Å². The Hall–Kier alpha value is -1.96. The van der Waals surface area contributed by atoms with Gasteiger partial charge in [0, 0.05) is 12.5 Å². The number of carboxylic acids is 1. The molecule has 8 nitrogen and oxygen atoms in total. The van der Waals surface area contributed by atoms with Gasteiger partial charge in [0.15, 0.2) is 5.82 Å².